The van der Waals surface area contributed by atoms with Crippen molar-refractivity contribution in [3.05, 3.63) is 158 Å². The molecule has 0 atom stereocenters. The third kappa shape index (κ3) is 5.02. The molecular formula is C42H26N6. The first kappa shape index (κ1) is 27.6. The molecule has 0 spiro atoms. The Morgan fingerprint density at radius 2 is 0.771 bits per heavy atom. The van der Waals surface area contributed by atoms with Gasteiger partial charge in [-0.2, -0.15) is 0 Å². The maximum absolute atomic E-state index is 5.12. The van der Waals surface area contributed by atoms with E-state index in [0.29, 0.717) is 11.5 Å². The van der Waals surface area contributed by atoms with Gasteiger partial charge in [-0.3, -0.25) is 0 Å². The Bertz CT molecular complexity index is 2590. The first-order valence-electron chi connectivity index (χ1n) is 15.8. The number of pyridine rings is 2. The lowest BCUT2D eigenvalue weighted by Crippen LogP contribution is -1.96. The lowest BCUT2D eigenvalue weighted by atomic mass is 9.99. The lowest BCUT2D eigenvalue weighted by Gasteiger charge is -2.12. The van der Waals surface area contributed by atoms with Crippen LogP contribution in [-0.4, -0.2) is 29.9 Å². The van der Waals surface area contributed by atoms with Gasteiger partial charge in [0.25, 0.3) is 0 Å². The van der Waals surface area contributed by atoms with E-state index in [2.05, 4.69) is 107 Å². The average molecular weight is 615 g/mol. The molecular weight excluding hydrogens is 589 g/mol. The molecule has 9 rings (SSSR count). The molecule has 6 nitrogen and oxygen atoms in total. The molecule has 0 N–H and O–H groups in total. The number of benzene rings is 5. The molecule has 0 saturated heterocycles. The minimum atomic E-state index is 0.589. The largest absolute Gasteiger partial charge is 0.245 e. The molecule has 0 amide bonds. The van der Waals surface area contributed by atoms with E-state index >= 15 is 0 Å². The van der Waals surface area contributed by atoms with Crippen LogP contribution >= 0.6 is 0 Å². The summed E-state index contributed by atoms with van der Waals surface area (Å²) in [6.07, 6.45) is 3.46. The van der Waals surface area contributed by atoms with Gasteiger partial charge in [0.2, 0.25) is 0 Å². The van der Waals surface area contributed by atoms with Crippen molar-refractivity contribution in [2.24, 2.45) is 0 Å². The topological polar surface area (TPSA) is 77.3 Å². The summed E-state index contributed by atoms with van der Waals surface area (Å²) >= 11 is 0. The molecule has 0 aliphatic heterocycles. The van der Waals surface area contributed by atoms with E-state index in [1.54, 1.807) is 18.5 Å². The normalized spacial score (nSPS) is 11.3. The molecule has 0 saturated carbocycles. The van der Waals surface area contributed by atoms with Gasteiger partial charge in [0, 0.05) is 39.9 Å². The second-order valence-electron chi connectivity index (χ2n) is 11.6. The molecule has 9 aromatic rings. The summed E-state index contributed by atoms with van der Waals surface area (Å²) in [5.74, 6) is 0.589. The van der Waals surface area contributed by atoms with Crippen molar-refractivity contribution in [3.8, 4) is 56.4 Å². The molecule has 6 heteroatoms. The van der Waals surface area contributed by atoms with E-state index in [1.165, 1.54) is 5.56 Å². The van der Waals surface area contributed by atoms with Crippen molar-refractivity contribution in [3.63, 3.8) is 0 Å². The van der Waals surface area contributed by atoms with E-state index in [9.17, 15) is 0 Å². The second kappa shape index (κ2) is 11.6. The molecule has 0 fully saturated rings. The summed E-state index contributed by atoms with van der Waals surface area (Å²) in [5.41, 5.74) is 12.0. The highest BCUT2D eigenvalue weighted by molar-refractivity contribution is 6.04. The van der Waals surface area contributed by atoms with Crippen molar-refractivity contribution < 1.29 is 0 Å². The molecule has 5 aromatic carbocycles. The maximum Gasteiger partial charge on any atom is 0.178 e. The van der Waals surface area contributed by atoms with Gasteiger partial charge in [0.1, 0.15) is 5.69 Å². The number of hydrogen-bond donors (Lipinski definition) is 0. The van der Waals surface area contributed by atoms with Gasteiger partial charge in [-0.05, 0) is 41.5 Å². The van der Waals surface area contributed by atoms with Crippen molar-refractivity contribution in [2.45, 2.75) is 0 Å². The quantitative estimate of drug-likeness (QED) is 0.180. The molecule has 4 aromatic heterocycles. The fourth-order valence-electron chi connectivity index (χ4n) is 6.14. The third-order valence-electron chi connectivity index (χ3n) is 8.60. The summed E-state index contributed by atoms with van der Waals surface area (Å²) in [6, 6.07) is 49.5. The maximum atomic E-state index is 5.12. The van der Waals surface area contributed by atoms with Crippen LogP contribution < -0.4 is 0 Å². The van der Waals surface area contributed by atoms with Gasteiger partial charge in [-0.1, -0.05) is 115 Å². The Morgan fingerprint density at radius 3 is 1.38 bits per heavy atom. The van der Waals surface area contributed by atoms with E-state index in [0.717, 1.165) is 72.2 Å². The number of nitrogens with zero attached hydrogens (tertiary/aromatic N) is 6. The number of rotatable bonds is 5. The first-order valence-corrected chi connectivity index (χ1v) is 15.8. The molecule has 48 heavy (non-hydrogen) atoms. The summed E-state index contributed by atoms with van der Waals surface area (Å²) in [7, 11) is 0. The minimum Gasteiger partial charge on any atom is -0.245 e. The molecule has 0 aliphatic carbocycles. The Hall–Kier alpha value is -6.66. The predicted octanol–water partition coefficient (Wildman–Crippen LogP) is 9.85. The average Bonchev–Trinajstić information content (AvgIpc) is 3.18. The van der Waals surface area contributed by atoms with Gasteiger partial charge in [0.15, 0.2) is 5.82 Å². The van der Waals surface area contributed by atoms with Crippen LogP contribution in [0, 0.1) is 0 Å². The van der Waals surface area contributed by atoms with Gasteiger partial charge in [-0.25, -0.2) is 29.9 Å². The summed E-state index contributed by atoms with van der Waals surface area (Å²) < 4.78 is 0. The lowest BCUT2D eigenvalue weighted by molar-refractivity contribution is 1.15. The molecule has 4 heterocycles. The molecule has 0 bridgehead atoms. The van der Waals surface area contributed by atoms with Crippen LogP contribution in [0.15, 0.2) is 158 Å². The highest BCUT2D eigenvalue weighted by atomic mass is 14.9. The van der Waals surface area contributed by atoms with Crippen molar-refractivity contribution in [2.75, 3.05) is 0 Å². The van der Waals surface area contributed by atoms with E-state index in [4.69, 9.17) is 19.9 Å². The van der Waals surface area contributed by atoms with Gasteiger partial charge in [-0.15, -0.1) is 0 Å². The van der Waals surface area contributed by atoms with Crippen LogP contribution in [0.3, 0.4) is 0 Å². The fourth-order valence-corrected chi connectivity index (χ4v) is 6.14. The Kier molecular flexibility index (Phi) is 6.68. The second-order valence-corrected chi connectivity index (χ2v) is 11.6. The van der Waals surface area contributed by atoms with Crippen LogP contribution in [-0.2, 0) is 0 Å². The van der Waals surface area contributed by atoms with E-state index in [-0.39, 0.29) is 0 Å². The zero-order valence-corrected chi connectivity index (χ0v) is 25.7. The Morgan fingerprint density at radius 1 is 0.312 bits per heavy atom. The Balaban J connectivity index is 1.11. The number of fused-ring (bicyclic) bond motifs is 4. The van der Waals surface area contributed by atoms with Crippen molar-refractivity contribution >= 4 is 32.8 Å². The summed E-state index contributed by atoms with van der Waals surface area (Å²) in [5, 5.41) is 2.04. The predicted molar refractivity (Wildman–Crippen MR) is 193 cm³/mol. The molecule has 0 aliphatic rings. The monoisotopic (exact) mass is 614 g/mol. The van der Waals surface area contributed by atoms with E-state index < -0.39 is 0 Å². The van der Waals surface area contributed by atoms with Crippen molar-refractivity contribution in [1.82, 2.24) is 29.9 Å². The van der Waals surface area contributed by atoms with Crippen LogP contribution in [0.25, 0.3) is 89.3 Å². The van der Waals surface area contributed by atoms with Gasteiger partial charge >= 0.3 is 0 Å². The first-order chi connectivity index (χ1) is 23.8. The highest BCUT2D eigenvalue weighted by Crippen LogP contribution is 2.34. The molecule has 0 radical (unpaired) electrons. The van der Waals surface area contributed by atoms with Gasteiger partial charge < -0.3 is 0 Å². The van der Waals surface area contributed by atoms with Gasteiger partial charge in [0.05, 0.1) is 39.1 Å². The van der Waals surface area contributed by atoms with Crippen LogP contribution in [0.4, 0.5) is 0 Å². The SMILES string of the molecule is c1ccc(-c2ccc(-c3nc4ccccc4nc3-c3ccc(-c4ccc5ccc6ccc(-c7ncccn7)nc6c5n4)cc3)cc2)cc1. The minimum absolute atomic E-state index is 0.589. The standard InChI is InChI=1S/C42H26N6/c1-2-7-27(8-3-1)28-11-15-30(16-12-28)39-40(47-36-10-5-4-9-35(36)46-39)31-17-13-29(14-18-31)34-23-21-32-19-20-33-22-24-37(42-43-25-6-26-44-42)48-41(33)38(32)45-34/h1-26H. The van der Waals surface area contributed by atoms with Crippen molar-refractivity contribution in [1.29, 1.82) is 0 Å². The molecule has 224 valence electrons. The zero-order chi connectivity index (χ0) is 31.9. The van der Waals surface area contributed by atoms with E-state index in [1.807, 2.05) is 42.5 Å². The number of aromatic nitrogens is 6. The highest BCUT2D eigenvalue weighted by Gasteiger charge is 2.15. The number of para-hydroxylation sites is 2. The molecule has 0 unspecified atom stereocenters. The van der Waals surface area contributed by atoms with Crippen LogP contribution in [0.5, 0.6) is 0 Å². The summed E-state index contributed by atoms with van der Waals surface area (Å²) in [6.45, 7) is 0. The number of hydrogen-bond acceptors (Lipinski definition) is 6. The van der Waals surface area contributed by atoms with Crippen LogP contribution in [0.2, 0.25) is 0 Å². The smallest absolute Gasteiger partial charge is 0.178 e. The zero-order valence-electron chi connectivity index (χ0n) is 25.7. The fraction of sp³-hybridized carbons (Fsp3) is 0. The van der Waals surface area contributed by atoms with Crippen LogP contribution in [0.1, 0.15) is 0 Å². The summed E-state index contributed by atoms with van der Waals surface area (Å²) in [4.78, 5) is 29.1. The third-order valence-corrected chi connectivity index (χ3v) is 8.60. The Labute approximate surface area is 276 Å².